The minimum absolute atomic E-state index is 0. The first-order valence-electron chi connectivity index (χ1n) is 2.65. The van der Waals surface area contributed by atoms with E-state index < -0.39 is 0 Å². The Morgan fingerprint density at radius 1 is 0.875 bits per heavy atom. The topological polar surface area (TPSA) is 0 Å². The van der Waals surface area contributed by atoms with Crippen LogP contribution in [0.15, 0.2) is 12.2 Å². The standard InChI is InChI=1S/C6H10.ClH.Pt/c1-2-4-6-5-3-1;;/h1-2H,3-6H2;1H;. The van der Waals surface area contributed by atoms with E-state index in [-0.39, 0.29) is 33.5 Å². The van der Waals surface area contributed by atoms with Gasteiger partial charge in [0.25, 0.3) is 0 Å². The fraction of sp³-hybridized carbons (Fsp3) is 0.667. The quantitative estimate of drug-likeness (QED) is 0.603. The van der Waals surface area contributed by atoms with Gasteiger partial charge < -0.3 is 0 Å². The Bertz CT molecular complexity index is 53.5. The number of hydrogen-bond donors (Lipinski definition) is 0. The van der Waals surface area contributed by atoms with Crippen LogP contribution in [0.25, 0.3) is 0 Å². The molecule has 52 valence electrons. The molecule has 0 unspecified atom stereocenters. The molecule has 0 saturated carbocycles. The maximum atomic E-state index is 2.27. The molecule has 1 aliphatic rings. The van der Waals surface area contributed by atoms with Gasteiger partial charge in [-0.15, -0.1) is 12.4 Å². The summed E-state index contributed by atoms with van der Waals surface area (Å²) in [4.78, 5) is 0. The summed E-state index contributed by atoms with van der Waals surface area (Å²) in [6.45, 7) is 0. The fourth-order valence-electron chi connectivity index (χ4n) is 0.760. The third-order valence-corrected chi connectivity index (χ3v) is 1.16. The largest absolute Gasteiger partial charge is 0.147 e. The van der Waals surface area contributed by atoms with E-state index in [9.17, 15) is 0 Å². The zero-order valence-corrected chi connectivity index (χ0v) is 7.80. The number of halogens is 1. The zero-order valence-electron chi connectivity index (χ0n) is 4.71. The molecule has 0 radical (unpaired) electrons. The van der Waals surface area contributed by atoms with Crippen molar-refractivity contribution in [3.8, 4) is 0 Å². The Balaban J connectivity index is 0. The van der Waals surface area contributed by atoms with Crippen LogP contribution in [0.2, 0.25) is 0 Å². The molecule has 0 aromatic heterocycles. The van der Waals surface area contributed by atoms with Crippen LogP contribution in [0, 0.1) is 0 Å². The Morgan fingerprint density at radius 2 is 1.25 bits per heavy atom. The molecule has 0 spiro atoms. The molecule has 0 aromatic rings. The minimum atomic E-state index is 0. The molecule has 1 rings (SSSR count). The third kappa shape index (κ3) is 4.87. The van der Waals surface area contributed by atoms with Gasteiger partial charge in [0.2, 0.25) is 0 Å². The first-order valence-corrected chi connectivity index (χ1v) is 2.65. The molecule has 0 atom stereocenters. The van der Waals surface area contributed by atoms with Gasteiger partial charge in [0.05, 0.1) is 0 Å². The molecule has 0 amide bonds. The first-order chi connectivity index (χ1) is 3.00. The average molecular weight is 314 g/mol. The summed E-state index contributed by atoms with van der Waals surface area (Å²) in [5.41, 5.74) is 0. The van der Waals surface area contributed by atoms with Crippen molar-refractivity contribution in [2.24, 2.45) is 0 Å². The van der Waals surface area contributed by atoms with E-state index in [1.165, 1.54) is 25.7 Å². The third-order valence-electron chi connectivity index (χ3n) is 1.16. The molecule has 0 aliphatic heterocycles. The van der Waals surface area contributed by atoms with Gasteiger partial charge in [-0.25, -0.2) is 0 Å². The van der Waals surface area contributed by atoms with E-state index in [0.717, 1.165) is 0 Å². The van der Waals surface area contributed by atoms with Crippen LogP contribution >= 0.6 is 12.4 Å². The van der Waals surface area contributed by atoms with Crippen molar-refractivity contribution in [1.82, 2.24) is 0 Å². The molecular weight excluding hydrogens is 303 g/mol. The number of hydrogen-bond acceptors (Lipinski definition) is 0. The van der Waals surface area contributed by atoms with Crippen molar-refractivity contribution >= 4 is 12.4 Å². The zero-order chi connectivity index (χ0) is 4.24. The molecule has 0 fully saturated rings. The monoisotopic (exact) mass is 313 g/mol. The predicted octanol–water partition coefficient (Wildman–Crippen LogP) is 2.54. The van der Waals surface area contributed by atoms with Crippen molar-refractivity contribution in [2.45, 2.75) is 25.7 Å². The van der Waals surface area contributed by atoms with E-state index in [2.05, 4.69) is 12.2 Å². The molecular formula is C6H11ClPt. The number of allylic oxidation sites excluding steroid dienone is 2. The fourth-order valence-corrected chi connectivity index (χ4v) is 0.760. The van der Waals surface area contributed by atoms with Gasteiger partial charge >= 0.3 is 0 Å². The van der Waals surface area contributed by atoms with Crippen molar-refractivity contribution in [3.63, 3.8) is 0 Å². The van der Waals surface area contributed by atoms with Crippen molar-refractivity contribution in [3.05, 3.63) is 12.2 Å². The van der Waals surface area contributed by atoms with Crippen LogP contribution in [0.4, 0.5) is 0 Å². The second kappa shape index (κ2) is 7.72. The Labute approximate surface area is 71.4 Å². The predicted molar refractivity (Wildman–Crippen MR) is 34.9 cm³/mol. The van der Waals surface area contributed by atoms with E-state index in [0.29, 0.717) is 0 Å². The summed E-state index contributed by atoms with van der Waals surface area (Å²) >= 11 is 0. The summed E-state index contributed by atoms with van der Waals surface area (Å²) in [5.74, 6) is 0. The summed E-state index contributed by atoms with van der Waals surface area (Å²) in [6, 6.07) is 0. The minimum Gasteiger partial charge on any atom is -0.147 e. The molecule has 8 heavy (non-hydrogen) atoms. The molecule has 0 aromatic carbocycles. The normalized spacial score (nSPS) is 16.0. The van der Waals surface area contributed by atoms with E-state index >= 15 is 0 Å². The molecule has 2 heteroatoms. The van der Waals surface area contributed by atoms with Gasteiger partial charge in [-0.1, -0.05) is 12.2 Å². The first kappa shape index (κ1) is 11.5. The van der Waals surface area contributed by atoms with Crippen LogP contribution in [0.3, 0.4) is 0 Å². The molecule has 0 heterocycles. The average Bonchev–Trinajstić information content (AvgIpc) is 1.72. The summed E-state index contributed by atoms with van der Waals surface area (Å²) in [5, 5.41) is 0. The van der Waals surface area contributed by atoms with Crippen LogP contribution < -0.4 is 0 Å². The van der Waals surface area contributed by atoms with E-state index in [1.807, 2.05) is 0 Å². The van der Waals surface area contributed by atoms with Crippen LogP contribution in [0.1, 0.15) is 25.7 Å². The molecule has 1 aliphatic carbocycles. The van der Waals surface area contributed by atoms with Crippen LogP contribution in [-0.2, 0) is 21.1 Å². The summed E-state index contributed by atoms with van der Waals surface area (Å²) in [6.07, 6.45) is 10.0. The van der Waals surface area contributed by atoms with Crippen molar-refractivity contribution < 1.29 is 21.1 Å². The smallest absolute Gasteiger partial charge is 0 e. The molecule has 0 N–H and O–H groups in total. The second-order valence-electron chi connectivity index (χ2n) is 1.76. The maximum absolute atomic E-state index is 2.27. The van der Waals surface area contributed by atoms with Crippen molar-refractivity contribution in [2.75, 3.05) is 0 Å². The maximum Gasteiger partial charge on any atom is 0 e. The molecule has 0 bridgehead atoms. The van der Waals surface area contributed by atoms with Gasteiger partial charge in [-0.05, 0) is 25.7 Å². The van der Waals surface area contributed by atoms with E-state index in [1.54, 1.807) is 0 Å². The van der Waals surface area contributed by atoms with Crippen LogP contribution in [0.5, 0.6) is 0 Å². The Hall–Kier alpha value is 0.718. The van der Waals surface area contributed by atoms with E-state index in [4.69, 9.17) is 0 Å². The SMILES string of the molecule is C1=CCCCC1.Cl.[Pt]. The van der Waals surface area contributed by atoms with Gasteiger partial charge in [0.15, 0.2) is 0 Å². The molecule has 0 nitrogen and oxygen atoms in total. The van der Waals surface area contributed by atoms with Crippen molar-refractivity contribution in [1.29, 1.82) is 0 Å². The van der Waals surface area contributed by atoms with Gasteiger partial charge in [0.1, 0.15) is 0 Å². The van der Waals surface area contributed by atoms with Gasteiger partial charge in [-0.3, -0.25) is 0 Å². The second-order valence-corrected chi connectivity index (χ2v) is 1.76. The van der Waals surface area contributed by atoms with Gasteiger partial charge in [0, 0.05) is 21.1 Å². The summed E-state index contributed by atoms with van der Waals surface area (Å²) in [7, 11) is 0. The Morgan fingerprint density at radius 3 is 1.38 bits per heavy atom. The van der Waals surface area contributed by atoms with Gasteiger partial charge in [-0.2, -0.15) is 0 Å². The molecule has 0 saturated heterocycles. The Kier molecular flexibility index (Phi) is 11.1. The summed E-state index contributed by atoms with van der Waals surface area (Å²) < 4.78 is 0. The van der Waals surface area contributed by atoms with Crippen LogP contribution in [-0.4, -0.2) is 0 Å². The number of rotatable bonds is 0.